The van der Waals surface area contributed by atoms with Crippen LogP contribution in [0.15, 0.2) is 23.8 Å². The molecule has 0 fully saturated rings. The van der Waals surface area contributed by atoms with E-state index in [-0.39, 0.29) is 17.4 Å². The molecule has 0 bridgehead atoms. The summed E-state index contributed by atoms with van der Waals surface area (Å²) in [5.74, 6) is 0.880. The van der Waals surface area contributed by atoms with Crippen molar-refractivity contribution in [1.82, 2.24) is 5.32 Å². The maximum absolute atomic E-state index is 12.9. The second-order valence-corrected chi connectivity index (χ2v) is 10.3. The van der Waals surface area contributed by atoms with E-state index in [0.717, 1.165) is 55.4 Å². The van der Waals surface area contributed by atoms with Gasteiger partial charge >= 0.3 is 5.97 Å². The fourth-order valence-corrected chi connectivity index (χ4v) is 4.97. The number of rotatable bonds is 8. The molecular weight excluding hydrogens is 416 g/mol. The summed E-state index contributed by atoms with van der Waals surface area (Å²) in [4.78, 5) is 24.9. The van der Waals surface area contributed by atoms with Crippen molar-refractivity contribution in [2.24, 2.45) is 11.7 Å². The highest BCUT2D eigenvalue weighted by molar-refractivity contribution is 5.87. The molecule has 1 aliphatic heterocycles. The summed E-state index contributed by atoms with van der Waals surface area (Å²) in [5, 5.41) is 2.63. The number of ether oxygens (including phenoxy) is 2. The number of carbonyl (C=O) groups is 2. The predicted octanol–water partition coefficient (Wildman–Crippen LogP) is 4.79. The molecule has 0 saturated heterocycles. The molecule has 2 aliphatic rings. The molecule has 1 amide bonds. The number of amides is 1. The van der Waals surface area contributed by atoms with Gasteiger partial charge in [-0.15, -0.1) is 0 Å². The van der Waals surface area contributed by atoms with Gasteiger partial charge in [0.25, 0.3) is 0 Å². The molecule has 0 spiro atoms. The second-order valence-electron chi connectivity index (χ2n) is 10.3. The zero-order valence-electron chi connectivity index (χ0n) is 21.0. The Kier molecular flexibility index (Phi) is 7.88. The van der Waals surface area contributed by atoms with Gasteiger partial charge in [0.2, 0.25) is 5.91 Å². The minimum Gasteiger partial charge on any atom is -0.487 e. The lowest BCUT2D eigenvalue weighted by Crippen LogP contribution is -2.47. The van der Waals surface area contributed by atoms with Crippen LogP contribution in [0, 0.1) is 5.92 Å². The van der Waals surface area contributed by atoms with Gasteiger partial charge in [0.05, 0.1) is 6.04 Å². The van der Waals surface area contributed by atoms with Crippen molar-refractivity contribution in [3.63, 3.8) is 0 Å². The number of aryl methyl sites for hydroxylation is 1. The fourth-order valence-electron chi connectivity index (χ4n) is 4.97. The number of benzene rings is 1. The average molecular weight is 457 g/mol. The molecule has 6 nitrogen and oxygen atoms in total. The van der Waals surface area contributed by atoms with Crippen LogP contribution in [0.25, 0.3) is 0 Å². The molecule has 3 rings (SSSR count). The van der Waals surface area contributed by atoms with Crippen LogP contribution >= 0.6 is 0 Å². The number of nitrogens with two attached hydrogens (primary N) is 1. The molecule has 1 heterocycles. The van der Waals surface area contributed by atoms with Gasteiger partial charge in [0.15, 0.2) is 0 Å². The number of fused-ring (bicyclic) bond motifs is 3. The lowest BCUT2D eigenvalue weighted by molar-refractivity contribution is -0.139. The topological polar surface area (TPSA) is 90.7 Å². The van der Waals surface area contributed by atoms with Crippen molar-refractivity contribution >= 4 is 11.9 Å². The number of esters is 1. The molecule has 1 aromatic rings. The van der Waals surface area contributed by atoms with Crippen LogP contribution in [-0.2, 0) is 16.0 Å². The number of allylic oxidation sites excluding steroid dienone is 2. The van der Waals surface area contributed by atoms with Crippen LogP contribution in [0.1, 0.15) is 90.7 Å². The molecule has 0 aromatic heterocycles. The standard InChI is InChI=1S/C27H40N2O4/c1-7-8-9-10-19-14-22(32-26(31)18(4)29-25(30)17(3)28)24-20-13-16(2)11-12-21(20)27(5,6)33-23(24)15-19/h13-15,17-18,20-21H,7-12,28H2,1-6H3,(H,29,30). The van der Waals surface area contributed by atoms with Gasteiger partial charge < -0.3 is 20.5 Å². The van der Waals surface area contributed by atoms with E-state index in [9.17, 15) is 9.59 Å². The lowest BCUT2D eigenvalue weighted by Gasteiger charge is -2.46. The summed E-state index contributed by atoms with van der Waals surface area (Å²) in [7, 11) is 0. The first-order chi connectivity index (χ1) is 15.5. The van der Waals surface area contributed by atoms with E-state index in [0.29, 0.717) is 11.7 Å². The first-order valence-electron chi connectivity index (χ1n) is 12.3. The summed E-state index contributed by atoms with van der Waals surface area (Å²) < 4.78 is 12.5. The van der Waals surface area contributed by atoms with E-state index in [1.54, 1.807) is 13.8 Å². The molecule has 1 aromatic carbocycles. The number of hydrogen-bond donors (Lipinski definition) is 2. The maximum Gasteiger partial charge on any atom is 0.333 e. The number of hydrogen-bond acceptors (Lipinski definition) is 5. The minimum atomic E-state index is -0.803. The molecular formula is C27H40N2O4. The van der Waals surface area contributed by atoms with Gasteiger partial charge in [-0.2, -0.15) is 0 Å². The van der Waals surface area contributed by atoms with E-state index in [2.05, 4.69) is 45.2 Å². The van der Waals surface area contributed by atoms with Gasteiger partial charge in [-0.05, 0) is 78.0 Å². The Bertz CT molecular complexity index is 919. The Morgan fingerprint density at radius 3 is 2.67 bits per heavy atom. The summed E-state index contributed by atoms with van der Waals surface area (Å²) in [5.41, 5.74) is 8.71. The summed E-state index contributed by atoms with van der Waals surface area (Å²) in [6.07, 6.45) is 8.65. The van der Waals surface area contributed by atoms with Crippen LogP contribution in [0.3, 0.4) is 0 Å². The van der Waals surface area contributed by atoms with Crippen molar-refractivity contribution in [2.45, 2.75) is 104 Å². The molecule has 6 heteroatoms. The highest BCUT2D eigenvalue weighted by atomic mass is 16.5. The maximum atomic E-state index is 12.9. The van der Waals surface area contributed by atoms with Gasteiger partial charge in [-0.25, -0.2) is 4.79 Å². The van der Waals surface area contributed by atoms with Crippen molar-refractivity contribution in [3.05, 3.63) is 34.9 Å². The van der Waals surface area contributed by atoms with Crippen molar-refractivity contribution in [2.75, 3.05) is 0 Å². The van der Waals surface area contributed by atoms with Crippen LogP contribution in [0.4, 0.5) is 0 Å². The Labute approximate surface area is 198 Å². The first kappa shape index (κ1) is 25.3. The van der Waals surface area contributed by atoms with E-state index in [1.165, 1.54) is 5.57 Å². The molecule has 1 aliphatic carbocycles. The van der Waals surface area contributed by atoms with Crippen LogP contribution < -0.4 is 20.5 Å². The van der Waals surface area contributed by atoms with Crippen LogP contribution in [0.5, 0.6) is 11.5 Å². The molecule has 0 saturated carbocycles. The second kappa shape index (κ2) is 10.3. The predicted molar refractivity (Wildman–Crippen MR) is 130 cm³/mol. The summed E-state index contributed by atoms with van der Waals surface area (Å²) in [6.45, 7) is 11.9. The van der Waals surface area contributed by atoms with Crippen molar-refractivity contribution in [3.8, 4) is 11.5 Å². The normalized spacial score (nSPS) is 22.7. The Morgan fingerprint density at radius 2 is 2.00 bits per heavy atom. The number of carbonyl (C=O) groups excluding carboxylic acids is 2. The molecule has 4 atom stereocenters. The lowest BCUT2D eigenvalue weighted by atomic mass is 9.68. The quantitative estimate of drug-likeness (QED) is 0.254. The molecule has 33 heavy (non-hydrogen) atoms. The van der Waals surface area contributed by atoms with Gasteiger partial charge in [-0.1, -0.05) is 31.4 Å². The van der Waals surface area contributed by atoms with Crippen molar-refractivity contribution < 1.29 is 19.1 Å². The highest BCUT2D eigenvalue weighted by Crippen LogP contribution is 2.53. The molecule has 182 valence electrons. The fraction of sp³-hybridized carbons (Fsp3) is 0.630. The minimum absolute atomic E-state index is 0.124. The molecule has 3 N–H and O–H groups in total. The Morgan fingerprint density at radius 1 is 1.27 bits per heavy atom. The van der Waals surface area contributed by atoms with E-state index in [1.807, 2.05) is 6.07 Å². The zero-order chi connectivity index (χ0) is 24.3. The van der Waals surface area contributed by atoms with Crippen molar-refractivity contribution in [1.29, 1.82) is 0 Å². The summed E-state index contributed by atoms with van der Waals surface area (Å²) in [6, 6.07) is 2.62. The average Bonchev–Trinajstić information content (AvgIpc) is 2.72. The Hall–Kier alpha value is -2.34. The molecule has 0 radical (unpaired) electrons. The monoisotopic (exact) mass is 456 g/mol. The van der Waals surface area contributed by atoms with E-state index < -0.39 is 18.1 Å². The first-order valence-corrected chi connectivity index (χ1v) is 12.3. The Balaban J connectivity index is 1.99. The smallest absolute Gasteiger partial charge is 0.333 e. The highest BCUT2D eigenvalue weighted by Gasteiger charge is 2.45. The van der Waals surface area contributed by atoms with Crippen LogP contribution in [-0.4, -0.2) is 29.6 Å². The third-order valence-corrected chi connectivity index (χ3v) is 6.92. The zero-order valence-corrected chi connectivity index (χ0v) is 21.0. The number of nitrogens with one attached hydrogen (secondary N) is 1. The van der Waals surface area contributed by atoms with Gasteiger partial charge in [0.1, 0.15) is 23.1 Å². The van der Waals surface area contributed by atoms with Crippen LogP contribution in [0.2, 0.25) is 0 Å². The van der Waals surface area contributed by atoms with Gasteiger partial charge in [0, 0.05) is 17.4 Å². The van der Waals surface area contributed by atoms with E-state index in [4.69, 9.17) is 15.2 Å². The third-order valence-electron chi connectivity index (χ3n) is 6.92. The van der Waals surface area contributed by atoms with E-state index >= 15 is 0 Å². The number of unbranched alkanes of at least 4 members (excludes halogenated alkanes) is 2. The largest absolute Gasteiger partial charge is 0.487 e. The van der Waals surface area contributed by atoms with Gasteiger partial charge in [-0.3, -0.25) is 4.79 Å². The summed E-state index contributed by atoms with van der Waals surface area (Å²) >= 11 is 0. The molecule has 4 unspecified atom stereocenters. The third kappa shape index (κ3) is 5.78. The SMILES string of the molecule is CCCCCc1cc(OC(=O)C(C)NC(=O)C(C)N)c2c(c1)OC(C)(C)C1CCC(C)=CC21.